The van der Waals surface area contributed by atoms with Gasteiger partial charge in [-0.1, -0.05) is 45.6 Å². The van der Waals surface area contributed by atoms with Crippen LogP contribution in [0.25, 0.3) is 0 Å². The van der Waals surface area contributed by atoms with E-state index in [1.165, 1.54) is 38.5 Å². The maximum atomic E-state index is 3.60. The largest absolute Gasteiger partial charge is 0.391 e. The summed E-state index contributed by atoms with van der Waals surface area (Å²) in [6, 6.07) is 0. The van der Waals surface area contributed by atoms with E-state index in [4.69, 9.17) is 0 Å². The average molecular weight is 155 g/mol. The topological polar surface area (TPSA) is 12.0 Å². The van der Waals surface area contributed by atoms with E-state index in [-0.39, 0.29) is 0 Å². The summed E-state index contributed by atoms with van der Waals surface area (Å²) in [4.78, 5) is 0. The zero-order chi connectivity index (χ0) is 8.36. The van der Waals surface area contributed by atoms with Crippen LogP contribution in [-0.4, -0.2) is 6.54 Å². The number of rotatable bonds is 8. The van der Waals surface area contributed by atoms with Crippen LogP contribution >= 0.6 is 0 Å². The lowest BCUT2D eigenvalue weighted by atomic mass is 10.1. The maximum absolute atomic E-state index is 3.60. The van der Waals surface area contributed by atoms with E-state index >= 15 is 0 Å². The van der Waals surface area contributed by atoms with Crippen molar-refractivity contribution in [2.75, 3.05) is 6.54 Å². The molecule has 0 aromatic heterocycles. The molecule has 0 aromatic carbocycles. The van der Waals surface area contributed by atoms with Crippen molar-refractivity contribution in [2.24, 2.45) is 0 Å². The van der Waals surface area contributed by atoms with E-state index in [0.717, 1.165) is 6.54 Å². The molecule has 0 heterocycles. The fraction of sp³-hybridized carbons (Fsp3) is 0.800. The van der Waals surface area contributed by atoms with Crippen molar-refractivity contribution in [1.29, 1.82) is 0 Å². The van der Waals surface area contributed by atoms with E-state index in [9.17, 15) is 0 Å². The van der Waals surface area contributed by atoms with Crippen molar-refractivity contribution in [2.45, 2.75) is 45.4 Å². The molecule has 0 aromatic rings. The molecule has 0 atom stereocenters. The number of hydrogen-bond acceptors (Lipinski definition) is 1. The molecule has 0 saturated heterocycles. The fourth-order valence-electron chi connectivity index (χ4n) is 1.11. The Labute approximate surface area is 70.9 Å². The maximum Gasteiger partial charge on any atom is 0.0141 e. The van der Waals surface area contributed by atoms with Crippen LogP contribution in [0.1, 0.15) is 45.4 Å². The summed E-state index contributed by atoms with van der Waals surface area (Å²) < 4.78 is 0. The number of hydrogen-bond donors (Lipinski definition) is 1. The lowest BCUT2D eigenvalue weighted by Crippen LogP contribution is -2.05. The van der Waals surface area contributed by atoms with Crippen LogP contribution in [0.15, 0.2) is 12.8 Å². The standard InChI is InChI=1S/C10H21N/c1-3-5-6-7-8-9-10-11-4-2/h4,11H,2-3,5-10H2,1H3. The molecular weight excluding hydrogens is 134 g/mol. The second-order valence-corrected chi connectivity index (χ2v) is 2.93. The third-order valence-electron chi connectivity index (χ3n) is 1.82. The zero-order valence-electron chi connectivity index (χ0n) is 7.73. The number of unbranched alkanes of at least 4 members (excludes halogenated alkanes) is 5. The summed E-state index contributed by atoms with van der Waals surface area (Å²) in [6.07, 6.45) is 9.96. The Hall–Kier alpha value is -0.460. The van der Waals surface area contributed by atoms with Crippen molar-refractivity contribution in [3.63, 3.8) is 0 Å². The van der Waals surface area contributed by atoms with E-state index < -0.39 is 0 Å². The molecule has 1 nitrogen and oxygen atoms in total. The van der Waals surface area contributed by atoms with Crippen LogP contribution in [0, 0.1) is 0 Å². The first-order chi connectivity index (χ1) is 5.41. The van der Waals surface area contributed by atoms with Gasteiger partial charge in [0, 0.05) is 6.54 Å². The Morgan fingerprint density at radius 2 is 1.73 bits per heavy atom. The number of nitrogens with one attached hydrogen (secondary N) is 1. The average Bonchev–Trinajstić information content (AvgIpc) is 2.03. The highest BCUT2D eigenvalue weighted by Gasteiger charge is 1.87. The third kappa shape index (κ3) is 9.54. The second-order valence-electron chi connectivity index (χ2n) is 2.93. The van der Waals surface area contributed by atoms with Gasteiger partial charge in [0.25, 0.3) is 0 Å². The minimum Gasteiger partial charge on any atom is -0.391 e. The van der Waals surface area contributed by atoms with Gasteiger partial charge < -0.3 is 5.32 Å². The van der Waals surface area contributed by atoms with Crippen molar-refractivity contribution in [1.82, 2.24) is 5.32 Å². The molecule has 0 aliphatic rings. The molecule has 1 heteroatoms. The summed E-state index contributed by atoms with van der Waals surface area (Å²) >= 11 is 0. The van der Waals surface area contributed by atoms with Crippen LogP contribution in [0.2, 0.25) is 0 Å². The zero-order valence-corrected chi connectivity index (χ0v) is 7.73. The molecule has 0 aliphatic carbocycles. The van der Waals surface area contributed by atoms with Gasteiger partial charge >= 0.3 is 0 Å². The monoisotopic (exact) mass is 155 g/mol. The molecule has 0 radical (unpaired) electrons. The Balaban J connectivity index is 2.74. The highest BCUT2D eigenvalue weighted by molar-refractivity contribution is 4.61. The van der Waals surface area contributed by atoms with Gasteiger partial charge in [0.2, 0.25) is 0 Å². The smallest absolute Gasteiger partial charge is 0.0141 e. The Morgan fingerprint density at radius 3 is 2.36 bits per heavy atom. The molecule has 0 spiro atoms. The lowest BCUT2D eigenvalue weighted by molar-refractivity contribution is 0.598. The Kier molecular flexibility index (Phi) is 9.14. The predicted octanol–water partition coefficient (Wildman–Crippen LogP) is 3.08. The Bertz CT molecular complexity index is 78.9. The molecule has 0 rings (SSSR count). The summed E-state index contributed by atoms with van der Waals surface area (Å²) in [6.45, 7) is 6.94. The molecule has 0 aliphatic heterocycles. The molecule has 0 fully saturated rings. The molecular formula is C10H21N. The fourth-order valence-corrected chi connectivity index (χ4v) is 1.11. The molecule has 0 bridgehead atoms. The van der Waals surface area contributed by atoms with E-state index in [1.54, 1.807) is 6.20 Å². The molecule has 66 valence electrons. The first kappa shape index (κ1) is 10.5. The van der Waals surface area contributed by atoms with Gasteiger partial charge in [-0.3, -0.25) is 0 Å². The molecule has 1 N–H and O–H groups in total. The normalized spacial score (nSPS) is 9.55. The lowest BCUT2D eigenvalue weighted by Gasteiger charge is -2.00. The molecule has 0 unspecified atom stereocenters. The van der Waals surface area contributed by atoms with E-state index in [2.05, 4.69) is 18.8 Å². The van der Waals surface area contributed by atoms with Gasteiger partial charge in [-0.2, -0.15) is 0 Å². The second kappa shape index (κ2) is 9.54. The summed E-state index contributed by atoms with van der Waals surface area (Å²) in [5.74, 6) is 0. The van der Waals surface area contributed by atoms with Crippen LogP contribution in [0.3, 0.4) is 0 Å². The van der Waals surface area contributed by atoms with Crippen LogP contribution in [0.5, 0.6) is 0 Å². The van der Waals surface area contributed by atoms with Crippen LogP contribution in [0.4, 0.5) is 0 Å². The van der Waals surface area contributed by atoms with Gasteiger partial charge in [-0.05, 0) is 12.6 Å². The summed E-state index contributed by atoms with van der Waals surface area (Å²) in [5, 5.41) is 3.10. The first-order valence-corrected chi connectivity index (χ1v) is 4.76. The summed E-state index contributed by atoms with van der Waals surface area (Å²) in [5.41, 5.74) is 0. The highest BCUT2D eigenvalue weighted by Crippen LogP contribution is 2.03. The first-order valence-electron chi connectivity index (χ1n) is 4.76. The minimum atomic E-state index is 1.09. The summed E-state index contributed by atoms with van der Waals surface area (Å²) in [7, 11) is 0. The van der Waals surface area contributed by atoms with Crippen molar-refractivity contribution >= 4 is 0 Å². The van der Waals surface area contributed by atoms with Crippen molar-refractivity contribution in [3.05, 3.63) is 12.8 Å². The van der Waals surface area contributed by atoms with Gasteiger partial charge in [0.05, 0.1) is 0 Å². The van der Waals surface area contributed by atoms with Crippen LogP contribution in [-0.2, 0) is 0 Å². The SMILES string of the molecule is C=CNCCCCCCCC. The minimum absolute atomic E-state index is 1.09. The molecule has 11 heavy (non-hydrogen) atoms. The predicted molar refractivity (Wildman–Crippen MR) is 51.6 cm³/mol. The van der Waals surface area contributed by atoms with Gasteiger partial charge in [-0.15, -0.1) is 0 Å². The van der Waals surface area contributed by atoms with Crippen molar-refractivity contribution in [3.8, 4) is 0 Å². The molecule has 0 saturated carbocycles. The van der Waals surface area contributed by atoms with Gasteiger partial charge in [0.15, 0.2) is 0 Å². The highest BCUT2D eigenvalue weighted by atomic mass is 14.8. The Morgan fingerprint density at radius 1 is 1.09 bits per heavy atom. The van der Waals surface area contributed by atoms with Gasteiger partial charge in [-0.25, -0.2) is 0 Å². The van der Waals surface area contributed by atoms with Gasteiger partial charge in [0.1, 0.15) is 0 Å². The quantitative estimate of drug-likeness (QED) is 0.531. The molecule has 0 amide bonds. The van der Waals surface area contributed by atoms with Crippen LogP contribution < -0.4 is 5.32 Å². The van der Waals surface area contributed by atoms with Crippen molar-refractivity contribution < 1.29 is 0 Å². The third-order valence-corrected chi connectivity index (χ3v) is 1.82. The van der Waals surface area contributed by atoms with E-state index in [1.807, 2.05) is 0 Å². The van der Waals surface area contributed by atoms with E-state index in [0.29, 0.717) is 0 Å².